The molecule has 1 N–H and O–H groups in total. The Balaban J connectivity index is 1.72. The maximum Gasteiger partial charge on any atom is 0.341 e. The van der Waals surface area contributed by atoms with Crippen LogP contribution in [-0.2, 0) is 22.4 Å². The first kappa shape index (κ1) is 25.5. The van der Waals surface area contributed by atoms with E-state index in [1.807, 2.05) is 65.0 Å². The first-order valence-corrected chi connectivity index (χ1v) is 13.1. The summed E-state index contributed by atoms with van der Waals surface area (Å²) in [6.07, 6.45) is 5.65. The number of benzene rings is 1. The zero-order valence-electron chi connectivity index (χ0n) is 21.4. The molecule has 2 aromatic heterocycles. The van der Waals surface area contributed by atoms with Gasteiger partial charge in [0.2, 0.25) is 0 Å². The summed E-state index contributed by atoms with van der Waals surface area (Å²) < 4.78 is 7.49. The van der Waals surface area contributed by atoms with E-state index in [1.54, 1.807) is 17.4 Å². The summed E-state index contributed by atoms with van der Waals surface area (Å²) >= 11 is 1.64. The van der Waals surface area contributed by atoms with Crippen LogP contribution in [-0.4, -0.2) is 23.1 Å². The van der Waals surface area contributed by atoms with E-state index in [0.29, 0.717) is 17.9 Å². The quantitative estimate of drug-likeness (QED) is 0.241. The third-order valence-electron chi connectivity index (χ3n) is 6.74. The van der Waals surface area contributed by atoms with Crippen molar-refractivity contribution in [1.82, 2.24) is 4.57 Å². The van der Waals surface area contributed by atoms with Gasteiger partial charge in [0.05, 0.1) is 12.2 Å². The molecule has 0 aliphatic heterocycles. The van der Waals surface area contributed by atoms with Gasteiger partial charge in [-0.1, -0.05) is 6.07 Å². The number of anilines is 1. The van der Waals surface area contributed by atoms with Crippen LogP contribution < -0.4 is 5.32 Å². The third kappa shape index (κ3) is 4.87. The molecule has 0 bridgehead atoms. The minimum Gasteiger partial charge on any atom is -0.462 e. The summed E-state index contributed by atoms with van der Waals surface area (Å²) in [6, 6.07) is 9.66. The van der Waals surface area contributed by atoms with E-state index in [0.717, 1.165) is 64.3 Å². The van der Waals surface area contributed by atoms with Gasteiger partial charge in [0, 0.05) is 22.0 Å². The molecular formula is C29H31N3O3S. The number of nitrogens with zero attached hydrogens (tertiary/aromatic N) is 2. The maximum absolute atomic E-state index is 13.0. The van der Waals surface area contributed by atoms with E-state index in [1.165, 1.54) is 4.88 Å². The lowest BCUT2D eigenvalue weighted by molar-refractivity contribution is -0.112. The summed E-state index contributed by atoms with van der Waals surface area (Å²) in [7, 11) is 0. The number of amides is 1. The van der Waals surface area contributed by atoms with E-state index < -0.39 is 5.91 Å². The Bertz CT molecular complexity index is 1420. The number of carbonyl (C=O) groups is 2. The molecule has 0 radical (unpaired) electrons. The molecule has 4 rings (SSSR count). The number of fused-ring (bicyclic) bond motifs is 1. The number of aromatic nitrogens is 1. The highest BCUT2D eigenvalue weighted by Crippen LogP contribution is 2.39. The van der Waals surface area contributed by atoms with Crippen LogP contribution >= 0.6 is 11.3 Å². The topological polar surface area (TPSA) is 84.1 Å². The van der Waals surface area contributed by atoms with Crippen molar-refractivity contribution in [2.45, 2.75) is 60.3 Å². The number of esters is 1. The van der Waals surface area contributed by atoms with Crippen LogP contribution in [0.5, 0.6) is 0 Å². The van der Waals surface area contributed by atoms with Crippen LogP contribution in [0.3, 0.4) is 0 Å². The van der Waals surface area contributed by atoms with Crippen LogP contribution in [0.15, 0.2) is 29.8 Å². The van der Waals surface area contributed by atoms with Gasteiger partial charge in [-0.3, -0.25) is 4.79 Å². The normalized spacial score (nSPS) is 13.2. The number of aryl methyl sites for hydroxylation is 4. The molecule has 7 heteroatoms. The monoisotopic (exact) mass is 501 g/mol. The zero-order valence-corrected chi connectivity index (χ0v) is 22.3. The molecule has 2 heterocycles. The van der Waals surface area contributed by atoms with Gasteiger partial charge < -0.3 is 14.6 Å². The number of nitriles is 1. The van der Waals surface area contributed by atoms with Crippen LogP contribution in [0.25, 0.3) is 11.1 Å². The molecule has 186 valence electrons. The Kier molecular flexibility index (Phi) is 7.46. The highest BCUT2D eigenvalue weighted by Gasteiger charge is 2.28. The predicted octanol–water partition coefficient (Wildman–Crippen LogP) is 6.37. The van der Waals surface area contributed by atoms with Gasteiger partial charge in [-0.25, -0.2) is 4.79 Å². The van der Waals surface area contributed by atoms with Gasteiger partial charge in [0.1, 0.15) is 16.6 Å². The molecule has 1 amide bonds. The molecular weight excluding hydrogens is 470 g/mol. The molecule has 0 fully saturated rings. The second-order valence-corrected chi connectivity index (χ2v) is 10.3. The van der Waals surface area contributed by atoms with E-state index >= 15 is 0 Å². The molecule has 6 nitrogen and oxygen atoms in total. The van der Waals surface area contributed by atoms with E-state index in [-0.39, 0.29) is 11.5 Å². The lowest BCUT2D eigenvalue weighted by Gasteiger charge is -2.13. The van der Waals surface area contributed by atoms with Gasteiger partial charge in [-0.05, 0) is 107 Å². The fourth-order valence-corrected chi connectivity index (χ4v) is 6.18. The first-order chi connectivity index (χ1) is 17.2. The van der Waals surface area contributed by atoms with Crippen molar-refractivity contribution >= 4 is 35.0 Å². The van der Waals surface area contributed by atoms with Crippen molar-refractivity contribution < 1.29 is 14.3 Å². The Morgan fingerprint density at radius 2 is 1.89 bits per heavy atom. The van der Waals surface area contributed by atoms with Crippen molar-refractivity contribution in [2.75, 3.05) is 11.9 Å². The molecule has 1 aliphatic carbocycles. The largest absolute Gasteiger partial charge is 0.462 e. The average Bonchev–Trinajstić information content (AvgIpc) is 3.35. The molecule has 36 heavy (non-hydrogen) atoms. The molecule has 3 aromatic rings. The van der Waals surface area contributed by atoms with Crippen molar-refractivity contribution in [3.05, 3.63) is 73.9 Å². The molecule has 0 saturated carbocycles. The number of thiophene rings is 1. The Morgan fingerprint density at radius 1 is 1.14 bits per heavy atom. The zero-order chi connectivity index (χ0) is 26.0. The molecule has 0 unspecified atom stereocenters. The third-order valence-corrected chi connectivity index (χ3v) is 8.01. The molecule has 1 aliphatic rings. The fraction of sp³-hybridized carbons (Fsp3) is 0.345. The van der Waals surface area contributed by atoms with Crippen LogP contribution in [0.1, 0.15) is 68.6 Å². The van der Waals surface area contributed by atoms with Gasteiger partial charge in [0.15, 0.2) is 0 Å². The van der Waals surface area contributed by atoms with Crippen molar-refractivity contribution in [3.63, 3.8) is 0 Å². The minimum absolute atomic E-state index is 0.0181. The lowest BCUT2D eigenvalue weighted by Crippen LogP contribution is -2.13. The van der Waals surface area contributed by atoms with Crippen molar-refractivity contribution in [3.8, 4) is 11.1 Å². The van der Waals surface area contributed by atoms with Gasteiger partial charge in [0.25, 0.3) is 5.91 Å². The SMILES string of the molecule is CCOC(=O)c1c(-n2c(C)cc(/C=C(\C#N)C(=O)Nc3ccc(C)c(C)c3)c2C)sc2c1CCCC2. The lowest BCUT2D eigenvalue weighted by atomic mass is 9.95. The second-order valence-electron chi connectivity index (χ2n) is 9.20. The maximum atomic E-state index is 13.0. The summed E-state index contributed by atoms with van der Waals surface area (Å²) in [5.74, 6) is -0.744. The molecule has 0 spiro atoms. The minimum atomic E-state index is -0.454. The van der Waals surface area contributed by atoms with E-state index in [9.17, 15) is 14.9 Å². The smallest absolute Gasteiger partial charge is 0.341 e. The molecule has 0 atom stereocenters. The van der Waals surface area contributed by atoms with Gasteiger partial charge in [-0.15, -0.1) is 11.3 Å². The fourth-order valence-electron chi connectivity index (χ4n) is 4.69. The van der Waals surface area contributed by atoms with E-state index in [4.69, 9.17) is 4.74 Å². The average molecular weight is 502 g/mol. The highest BCUT2D eigenvalue weighted by atomic mass is 32.1. The first-order valence-electron chi connectivity index (χ1n) is 12.3. The molecule has 0 saturated heterocycles. The van der Waals surface area contributed by atoms with Gasteiger partial charge >= 0.3 is 5.97 Å². The summed E-state index contributed by atoms with van der Waals surface area (Å²) in [5, 5.41) is 13.4. The summed E-state index contributed by atoms with van der Waals surface area (Å²) in [4.78, 5) is 27.1. The van der Waals surface area contributed by atoms with Crippen LogP contribution in [0.4, 0.5) is 5.69 Å². The van der Waals surface area contributed by atoms with Crippen LogP contribution in [0.2, 0.25) is 0 Å². The predicted molar refractivity (Wildman–Crippen MR) is 144 cm³/mol. The Labute approximate surface area is 216 Å². The number of rotatable bonds is 6. The number of hydrogen-bond acceptors (Lipinski definition) is 5. The summed E-state index contributed by atoms with van der Waals surface area (Å²) in [6.45, 7) is 10.0. The Morgan fingerprint density at radius 3 is 2.58 bits per heavy atom. The highest BCUT2D eigenvalue weighted by molar-refractivity contribution is 7.15. The number of ether oxygens (including phenoxy) is 1. The van der Waals surface area contributed by atoms with Crippen molar-refractivity contribution in [1.29, 1.82) is 5.26 Å². The number of hydrogen-bond donors (Lipinski definition) is 1. The summed E-state index contributed by atoms with van der Waals surface area (Å²) in [5.41, 5.74) is 7.18. The van der Waals surface area contributed by atoms with Gasteiger partial charge in [-0.2, -0.15) is 5.26 Å². The second kappa shape index (κ2) is 10.5. The van der Waals surface area contributed by atoms with Crippen molar-refractivity contribution in [2.24, 2.45) is 0 Å². The molecule has 1 aromatic carbocycles. The van der Waals surface area contributed by atoms with E-state index in [2.05, 4.69) is 9.88 Å². The number of carbonyl (C=O) groups excluding carboxylic acids is 2. The Hall–Kier alpha value is -3.63. The van der Waals surface area contributed by atoms with Crippen LogP contribution in [0, 0.1) is 39.0 Å². The number of nitrogens with one attached hydrogen (secondary N) is 1. The standard InChI is InChI=1S/C29H31N3O3S/c1-6-35-29(34)26-24-9-7-8-10-25(24)36-28(26)32-19(4)14-21(20(32)5)15-22(16-30)27(33)31-23-12-11-17(2)18(3)13-23/h11-15H,6-10H2,1-5H3,(H,31,33)/b22-15+.